The van der Waals surface area contributed by atoms with Gasteiger partial charge in [0.15, 0.2) is 0 Å². The van der Waals surface area contributed by atoms with E-state index in [-0.39, 0.29) is 11.8 Å². The Morgan fingerprint density at radius 1 is 0.929 bits per heavy atom. The van der Waals surface area contributed by atoms with Gasteiger partial charge in [0, 0.05) is 42.1 Å². The number of nitrogens with one attached hydrogen (secondary N) is 2. The first kappa shape index (κ1) is 19.9. The monoisotopic (exact) mass is 379 g/mol. The number of hydrogen-bond acceptors (Lipinski definition) is 3. The molecule has 2 N–H and O–H groups in total. The van der Waals surface area contributed by atoms with Crippen LogP contribution in [-0.2, 0) is 0 Å². The molecule has 2 amide bonds. The van der Waals surface area contributed by atoms with Crippen molar-refractivity contribution >= 4 is 23.2 Å². The first-order valence-electron chi connectivity index (χ1n) is 10.2. The molecule has 3 rings (SSSR count). The second kappa shape index (κ2) is 9.93. The molecule has 5 heteroatoms. The molecule has 5 nitrogen and oxygen atoms in total. The zero-order valence-corrected chi connectivity index (χ0v) is 16.5. The maximum absolute atomic E-state index is 12.6. The van der Waals surface area contributed by atoms with Crippen LogP contribution in [0.15, 0.2) is 48.5 Å². The lowest BCUT2D eigenvalue weighted by Gasteiger charge is -2.28. The summed E-state index contributed by atoms with van der Waals surface area (Å²) >= 11 is 0. The molecule has 1 saturated heterocycles. The van der Waals surface area contributed by atoms with Crippen LogP contribution < -0.4 is 15.5 Å². The summed E-state index contributed by atoms with van der Waals surface area (Å²) in [6, 6.07) is 14.8. The van der Waals surface area contributed by atoms with Crippen LogP contribution in [0.25, 0.3) is 0 Å². The summed E-state index contributed by atoms with van der Waals surface area (Å²) in [5.74, 6) is -0.358. The van der Waals surface area contributed by atoms with Gasteiger partial charge < -0.3 is 15.5 Å². The van der Waals surface area contributed by atoms with E-state index in [1.807, 2.05) is 12.1 Å². The molecule has 2 aromatic carbocycles. The van der Waals surface area contributed by atoms with E-state index in [4.69, 9.17) is 0 Å². The fourth-order valence-corrected chi connectivity index (χ4v) is 3.39. The molecular weight excluding hydrogens is 350 g/mol. The minimum Gasteiger partial charge on any atom is -0.372 e. The molecule has 0 bridgehead atoms. The molecule has 0 aliphatic carbocycles. The van der Waals surface area contributed by atoms with Crippen LogP contribution in [0.1, 0.15) is 59.7 Å². The first-order valence-corrected chi connectivity index (χ1v) is 10.2. The standard InChI is InChI=1S/C23H29N3O2/c1-2-3-14-24-22(27)18-8-7-9-19(17-18)23(28)25-20-10-12-21(13-11-20)26-15-5-4-6-16-26/h7-13,17H,2-6,14-16H2,1H3,(H,24,27)(H,25,28). The van der Waals surface area contributed by atoms with Crippen molar-refractivity contribution in [1.29, 1.82) is 0 Å². The fraction of sp³-hybridized carbons (Fsp3) is 0.391. The van der Waals surface area contributed by atoms with Crippen LogP contribution in [0, 0.1) is 0 Å². The largest absolute Gasteiger partial charge is 0.372 e. The highest BCUT2D eigenvalue weighted by molar-refractivity contribution is 6.06. The maximum Gasteiger partial charge on any atom is 0.255 e. The van der Waals surface area contributed by atoms with Gasteiger partial charge in [-0.3, -0.25) is 9.59 Å². The predicted octanol–water partition coefficient (Wildman–Crippen LogP) is 4.46. The van der Waals surface area contributed by atoms with Crippen molar-refractivity contribution in [1.82, 2.24) is 5.32 Å². The fourth-order valence-electron chi connectivity index (χ4n) is 3.39. The summed E-state index contributed by atoms with van der Waals surface area (Å²) < 4.78 is 0. The molecule has 148 valence electrons. The van der Waals surface area contributed by atoms with Crippen molar-refractivity contribution in [2.24, 2.45) is 0 Å². The van der Waals surface area contributed by atoms with E-state index >= 15 is 0 Å². The van der Waals surface area contributed by atoms with Gasteiger partial charge in [-0.25, -0.2) is 0 Å². The Labute approximate surface area is 167 Å². The van der Waals surface area contributed by atoms with Gasteiger partial charge >= 0.3 is 0 Å². The SMILES string of the molecule is CCCCNC(=O)c1cccc(C(=O)Nc2ccc(N3CCCCC3)cc2)c1. The lowest BCUT2D eigenvalue weighted by molar-refractivity contribution is 0.0953. The van der Waals surface area contributed by atoms with E-state index in [0.717, 1.165) is 31.6 Å². The molecule has 0 atom stereocenters. The second-order valence-corrected chi connectivity index (χ2v) is 7.24. The molecule has 0 unspecified atom stereocenters. The highest BCUT2D eigenvalue weighted by Gasteiger charge is 2.13. The number of amides is 2. The predicted molar refractivity (Wildman–Crippen MR) is 114 cm³/mol. The third-order valence-corrected chi connectivity index (χ3v) is 5.05. The number of carbonyl (C=O) groups excluding carboxylic acids is 2. The number of piperidine rings is 1. The van der Waals surface area contributed by atoms with Crippen LogP contribution in [0.5, 0.6) is 0 Å². The van der Waals surface area contributed by atoms with E-state index in [1.54, 1.807) is 24.3 Å². The van der Waals surface area contributed by atoms with Gasteiger partial charge in [-0.15, -0.1) is 0 Å². The lowest BCUT2D eigenvalue weighted by Crippen LogP contribution is -2.29. The highest BCUT2D eigenvalue weighted by Crippen LogP contribution is 2.22. The molecule has 2 aromatic rings. The Morgan fingerprint density at radius 2 is 1.61 bits per heavy atom. The Morgan fingerprint density at radius 3 is 2.29 bits per heavy atom. The number of unbranched alkanes of at least 4 members (excludes halogenated alkanes) is 1. The Kier molecular flexibility index (Phi) is 7.06. The minimum absolute atomic E-state index is 0.144. The molecular formula is C23H29N3O2. The molecule has 0 spiro atoms. The van der Waals surface area contributed by atoms with Crippen molar-refractivity contribution in [3.63, 3.8) is 0 Å². The first-order chi connectivity index (χ1) is 13.7. The number of benzene rings is 2. The number of hydrogen-bond donors (Lipinski definition) is 2. The summed E-state index contributed by atoms with van der Waals surface area (Å²) in [6.45, 7) is 4.92. The van der Waals surface area contributed by atoms with Crippen LogP contribution in [-0.4, -0.2) is 31.4 Å². The number of anilines is 2. The summed E-state index contributed by atoms with van der Waals surface area (Å²) in [7, 11) is 0. The lowest BCUT2D eigenvalue weighted by atomic mass is 10.1. The summed E-state index contributed by atoms with van der Waals surface area (Å²) in [6.07, 6.45) is 5.75. The van der Waals surface area contributed by atoms with Crippen molar-refractivity contribution in [3.8, 4) is 0 Å². The summed E-state index contributed by atoms with van der Waals surface area (Å²) in [4.78, 5) is 27.2. The van der Waals surface area contributed by atoms with E-state index in [2.05, 4.69) is 34.6 Å². The van der Waals surface area contributed by atoms with Crippen molar-refractivity contribution in [3.05, 3.63) is 59.7 Å². The van der Waals surface area contributed by atoms with Crippen LogP contribution in [0.4, 0.5) is 11.4 Å². The van der Waals surface area contributed by atoms with Crippen molar-refractivity contribution in [2.45, 2.75) is 39.0 Å². The van der Waals surface area contributed by atoms with Gasteiger partial charge in [-0.05, 0) is 68.1 Å². The van der Waals surface area contributed by atoms with Crippen LogP contribution in [0.3, 0.4) is 0 Å². The zero-order valence-electron chi connectivity index (χ0n) is 16.5. The summed E-state index contributed by atoms with van der Waals surface area (Å²) in [5.41, 5.74) is 2.93. The van der Waals surface area contributed by atoms with Gasteiger partial charge in [0.05, 0.1) is 0 Å². The van der Waals surface area contributed by atoms with E-state index < -0.39 is 0 Å². The van der Waals surface area contributed by atoms with E-state index in [0.29, 0.717) is 17.7 Å². The third-order valence-electron chi connectivity index (χ3n) is 5.05. The van der Waals surface area contributed by atoms with Crippen molar-refractivity contribution in [2.75, 3.05) is 29.9 Å². The van der Waals surface area contributed by atoms with Crippen LogP contribution in [0.2, 0.25) is 0 Å². The molecule has 1 heterocycles. The minimum atomic E-state index is -0.214. The van der Waals surface area contributed by atoms with Gasteiger partial charge in [-0.1, -0.05) is 19.4 Å². The van der Waals surface area contributed by atoms with Gasteiger partial charge in [0.2, 0.25) is 0 Å². The van der Waals surface area contributed by atoms with Gasteiger partial charge in [0.1, 0.15) is 0 Å². The Balaban J connectivity index is 1.61. The quantitative estimate of drug-likeness (QED) is 0.698. The molecule has 0 saturated carbocycles. The summed E-state index contributed by atoms with van der Waals surface area (Å²) in [5, 5.41) is 5.80. The maximum atomic E-state index is 12.6. The van der Waals surface area contributed by atoms with Crippen molar-refractivity contribution < 1.29 is 9.59 Å². The molecule has 1 aliphatic heterocycles. The average molecular weight is 380 g/mol. The molecule has 1 fully saturated rings. The van der Waals surface area contributed by atoms with E-state index in [9.17, 15) is 9.59 Å². The van der Waals surface area contributed by atoms with Crippen LogP contribution >= 0.6 is 0 Å². The smallest absolute Gasteiger partial charge is 0.255 e. The molecule has 0 radical (unpaired) electrons. The van der Waals surface area contributed by atoms with Gasteiger partial charge in [-0.2, -0.15) is 0 Å². The van der Waals surface area contributed by atoms with E-state index in [1.165, 1.54) is 24.9 Å². The number of carbonyl (C=O) groups is 2. The highest BCUT2D eigenvalue weighted by atomic mass is 16.2. The molecule has 1 aliphatic rings. The third kappa shape index (κ3) is 5.35. The average Bonchev–Trinajstić information content (AvgIpc) is 2.75. The normalized spacial score (nSPS) is 13.8. The number of nitrogens with zero attached hydrogens (tertiary/aromatic N) is 1. The Bertz CT molecular complexity index is 796. The number of rotatable bonds is 7. The molecule has 0 aromatic heterocycles. The Hall–Kier alpha value is -2.82. The zero-order chi connectivity index (χ0) is 19.8. The molecule has 28 heavy (non-hydrogen) atoms. The second-order valence-electron chi connectivity index (χ2n) is 7.24. The van der Waals surface area contributed by atoms with Gasteiger partial charge in [0.25, 0.3) is 11.8 Å². The topological polar surface area (TPSA) is 61.4 Å².